The number of halogens is 1. The average molecular weight is 253 g/mol. The van der Waals surface area contributed by atoms with E-state index in [9.17, 15) is 4.79 Å². The third kappa shape index (κ3) is 3.43. The van der Waals surface area contributed by atoms with Crippen LogP contribution in [0, 0.1) is 5.92 Å². The number of carbonyl (C=O) groups excluding carboxylic acids is 1. The zero-order chi connectivity index (χ0) is 12.1. The summed E-state index contributed by atoms with van der Waals surface area (Å²) >= 11 is 5.92. The van der Waals surface area contributed by atoms with Crippen molar-refractivity contribution < 1.29 is 4.79 Å². The van der Waals surface area contributed by atoms with Gasteiger partial charge in [-0.3, -0.25) is 9.78 Å². The van der Waals surface area contributed by atoms with Crippen molar-refractivity contribution in [3.8, 4) is 0 Å². The molecule has 3 nitrogen and oxygen atoms in total. The van der Waals surface area contributed by atoms with E-state index in [2.05, 4.69) is 10.3 Å². The summed E-state index contributed by atoms with van der Waals surface area (Å²) in [6.45, 7) is 0.761. The van der Waals surface area contributed by atoms with E-state index >= 15 is 0 Å². The van der Waals surface area contributed by atoms with Gasteiger partial charge in [-0.15, -0.1) is 0 Å². The zero-order valence-corrected chi connectivity index (χ0v) is 10.5. The Morgan fingerprint density at radius 3 is 2.88 bits per heavy atom. The van der Waals surface area contributed by atoms with E-state index in [-0.39, 0.29) is 5.91 Å². The maximum absolute atomic E-state index is 11.9. The normalized spacial score (nSPS) is 16.8. The smallest absolute Gasteiger partial charge is 0.252 e. The van der Waals surface area contributed by atoms with Crippen LogP contribution in [0.1, 0.15) is 42.5 Å². The van der Waals surface area contributed by atoms with Crippen LogP contribution in [-0.4, -0.2) is 17.4 Å². The zero-order valence-electron chi connectivity index (χ0n) is 9.79. The third-order valence-corrected chi connectivity index (χ3v) is 3.59. The molecule has 1 saturated carbocycles. The Labute approximate surface area is 107 Å². The molecule has 1 amide bonds. The molecule has 1 aromatic rings. The number of amides is 1. The number of aromatic nitrogens is 1. The Morgan fingerprint density at radius 2 is 2.18 bits per heavy atom. The van der Waals surface area contributed by atoms with Crippen LogP contribution in [0.3, 0.4) is 0 Å². The number of hydrogen-bond donors (Lipinski definition) is 1. The lowest BCUT2D eigenvalue weighted by Crippen LogP contribution is -2.30. The highest BCUT2D eigenvalue weighted by atomic mass is 35.5. The van der Waals surface area contributed by atoms with Crippen molar-refractivity contribution in [2.45, 2.75) is 32.1 Å². The highest BCUT2D eigenvalue weighted by Crippen LogP contribution is 2.23. The molecule has 0 aromatic carbocycles. The SMILES string of the molecule is O=C(NCC1CCCCC1)c1ccncc1Cl. The van der Waals surface area contributed by atoms with Gasteiger partial charge in [-0.2, -0.15) is 0 Å². The molecule has 17 heavy (non-hydrogen) atoms. The Kier molecular flexibility index (Phi) is 4.37. The first kappa shape index (κ1) is 12.4. The number of rotatable bonds is 3. The summed E-state index contributed by atoms with van der Waals surface area (Å²) in [5.74, 6) is 0.538. The summed E-state index contributed by atoms with van der Waals surface area (Å²) in [6.07, 6.45) is 9.45. The van der Waals surface area contributed by atoms with Gasteiger partial charge in [-0.25, -0.2) is 0 Å². The fourth-order valence-electron chi connectivity index (χ4n) is 2.28. The molecule has 1 aromatic heterocycles. The van der Waals surface area contributed by atoms with E-state index in [1.165, 1.54) is 38.3 Å². The molecule has 1 aliphatic rings. The molecule has 1 N–H and O–H groups in total. The van der Waals surface area contributed by atoms with Crippen LogP contribution in [0.15, 0.2) is 18.5 Å². The molecule has 0 aliphatic heterocycles. The molecular formula is C13H17ClN2O. The first-order chi connectivity index (χ1) is 8.27. The summed E-state index contributed by atoms with van der Waals surface area (Å²) in [6, 6.07) is 1.65. The largest absolute Gasteiger partial charge is 0.352 e. The van der Waals surface area contributed by atoms with Crippen molar-refractivity contribution in [1.82, 2.24) is 10.3 Å². The van der Waals surface area contributed by atoms with Crippen LogP contribution in [0.4, 0.5) is 0 Å². The number of hydrogen-bond acceptors (Lipinski definition) is 2. The summed E-state index contributed by atoms with van der Waals surface area (Å²) in [7, 11) is 0. The Bertz CT molecular complexity index is 389. The van der Waals surface area contributed by atoms with E-state index in [1.807, 2.05) is 0 Å². The molecule has 0 radical (unpaired) electrons. The van der Waals surface area contributed by atoms with Crippen LogP contribution >= 0.6 is 11.6 Å². The fourth-order valence-corrected chi connectivity index (χ4v) is 2.49. The van der Waals surface area contributed by atoms with Crippen LogP contribution in [-0.2, 0) is 0 Å². The molecule has 1 aliphatic carbocycles. The molecule has 1 fully saturated rings. The van der Waals surface area contributed by atoms with E-state index in [0.29, 0.717) is 16.5 Å². The van der Waals surface area contributed by atoms with Gasteiger partial charge in [-0.05, 0) is 24.8 Å². The molecule has 0 unspecified atom stereocenters. The van der Waals surface area contributed by atoms with E-state index in [0.717, 1.165) is 6.54 Å². The van der Waals surface area contributed by atoms with Crippen molar-refractivity contribution in [1.29, 1.82) is 0 Å². The van der Waals surface area contributed by atoms with Gasteiger partial charge in [0.1, 0.15) is 0 Å². The standard InChI is InChI=1S/C13H17ClN2O/c14-12-9-15-7-6-11(12)13(17)16-8-10-4-2-1-3-5-10/h6-7,9-10H,1-5,8H2,(H,16,17). The lowest BCUT2D eigenvalue weighted by atomic mass is 9.89. The molecule has 4 heteroatoms. The quantitative estimate of drug-likeness (QED) is 0.899. The highest BCUT2D eigenvalue weighted by molar-refractivity contribution is 6.33. The monoisotopic (exact) mass is 252 g/mol. The third-order valence-electron chi connectivity index (χ3n) is 3.29. The maximum Gasteiger partial charge on any atom is 0.252 e. The predicted octanol–water partition coefficient (Wildman–Crippen LogP) is 3.05. The van der Waals surface area contributed by atoms with Gasteiger partial charge in [0, 0.05) is 18.9 Å². The van der Waals surface area contributed by atoms with Crippen molar-refractivity contribution in [2.24, 2.45) is 5.92 Å². The number of nitrogens with zero attached hydrogens (tertiary/aromatic N) is 1. The summed E-state index contributed by atoms with van der Waals surface area (Å²) in [5.41, 5.74) is 0.512. The van der Waals surface area contributed by atoms with Crippen molar-refractivity contribution in [3.63, 3.8) is 0 Å². The van der Waals surface area contributed by atoms with Gasteiger partial charge in [0.2, 0.25) is 0 Å². The maximum atomic E-state index is 11.9. The molecule has 0 saturated heterocycles. The average Bonchev–Trinajstić information content (AvgIpc) is 2.38. The number of nitrogens with one attached hydrogen (secondary N) is 1. The first-order valence-corrected chi connectivity index (χ1v) is 6.53. The molecule has 0 bridgehead atoms. The molecule has 2 rings (SSSR count). The summed E-state index contributed by atoms with van der Waals surface area (Å²) in [5, 5.41) is 3.37. The van der Waals surface area contributed by atoms with Gasteiger partial charge >= 0.3 is 0 Å². The second-order valence-electron chi connectivity index (χ2n) is 4.57. The molecule has 0 atom stereocenters. The second-order valence-corrected chi connectivity index (χ2v) is 4.98. The fraction of sp³-hybridized carbons (Fsp3) is 0.538. The molecule has 92 valence electrons. The minimum Gasteiger partial charge on any atom is -0.352 e. The van der Waals surface area contributed by atoms with E-state index in [4.69, 9.17) is 11.6 Å². The Morgan fingerprint density at radius 1 is 1.41 bits per heavy atom. The Balaban J connectivity index is 1.87. The predicted molar refractivity (Wildman–Crippen MR) is 68.2 cm³/mol. The lowest BCUT2D eigenvalue weighted by molar-refractivity contribution is 0.0943. The van der Waals surface area contributed by atoms with Gasteiger partial charge in [0.25, 0.3) is 5.91 Å². The van der Waals surface area contributed by atoms with Crippen molar-refractivity contribution >= 4 is 17.5 Å². The number of pyridine rings is 1. The Hall–Kier alpha value is -1.09. The minimum absolute atomic E-state index is 0.0945. The molecular weight excluding hydrogens is 236 g/mol. The van der Waals surface area contributed by atoms with E-state index < -0.39 is 0 Å². The minimum atomic E-state index is -0.0945. The van der Waals surface area contributed by atoms with Gasteiger partial charge in [0.05, 0.1) is 10.6 Å². The second kappa shape index (κ2) is 6.01. The summed E-state index contributed by atoms with van der Waals surface area (Å²) in [4.78, 5) is 15.8. The van der Waals surface area contributed by atoms with Crippen LogP contribution in [0.2, 0.25) is 5.02 Å². The highest BCUT2D eigenvalue weighted by Gasteiger charge is 2.15. The van der Waals surface area contributed by atoms with Crippen LogP contribution < -0.4 is 5.32 Å². The van der Waals surface area contributed by atoms with Crippen molar-refractivity contribution in [3.05, 3.63) is 29.0 Å². The first-order valence-electron chi connectivity index (χ1n) is 6.15. The topological polar surface area (TPSA) is 42.0 Å². The van der Waals surface area contributed by atoms with E-state index in [1.54, 1.807) is 12.3 Å². The summed E-state index contributed by atoms with van der Waals surface area (Å²) < 4.78 is 0. The van der Waals surface area contributed by atoms with Crippen molar-refractivity contribution in [2.75, 3.05) is 6.54 Å². The molecule has 0 spiro atoms. The van der Waals surface area contributed by atoms with Gasteiger partial charge in [-0.1, -0.05) is 30.9 Å². The molecule has 1 heterocycles. The van der Waals surface area contributed by atoms with Gasteiger partial charge in [0.15, 0.2) is 0 Å². The van der Waals surface area contributed by atoms with Crippen LogP contribution in [0.25, 0.3) is 0 Å². The lowest BCUT2D eigenvalue weighted by Gasteiger charge is -2.21. The number of carbonyl (C=O) groups is 1. The van der Waals surface area contributed by atoms with Gasteiger partial charge < -0.3 is 5.32 Å². The van der Waals surface area contributed by atoms with Crippen LogP contribution in [0.5, 0.6) is 0 Å².